The first-order valence-electron chi connectivity index (χ1n) is 6.44. The van der Waals surface area contributed by atoms with E-state index in [1.165, 1.54) is 0 Å². The molecular formula is C14H21N3O. The molecule has 0 radical (unpaired) electrons. The third-order valence-corrected chi connectivity index (χ3v) is 3.03. The molecule has 0 atom stereocenters. The predicted molar refractivity (Wildman–Crippen MR) is 74.2 cm³/mol. The van der Waals surface area contributed by atoms with E-state index < -0.39 is 0 Å². The van der Waals surface area contributed by atoms with Crippen molar-refractivity contribution in [2.24, 2.45) is 5.92 Å². The molecule has 98 valence electrons. The Morgan fingerprint density at radius 2 is 1.83 bits per heavy atom. The molecule has 0 unspecified atom stereocenters. The summed E-state index contributed by atoms with van der Waals surface area (Å²) in [5.74, 6) is 0.512. The lowest BCUT2D eigenvalue weighted by Crippen LogP contribution is -2.36. The summed E-state index contributed by atoms with van der Waals surface area (Å²) in [5, 5.41) is 0. The zero-order valence-corrected chi connectivity index (χ0v) is 11.0. The zero-order chi connectivity index (χ0) is 13.3. The van der Waals surface area contributed by atoms with Crippen molar-refractivity contribution in [3.8, 4) is 0 Å². The first-order valence-corrected chi connectivity index (χ1v) is 6.44. The van der Waals surface area contributed by atoms with Crippen molar-refractivity contribution < 1.29 is 4.79 Å². The quantitative estimate of drug-likeness (QED) is 0.800. The van der Waals surface area contributed by atoms with Crippen LogP contribution in [-0.2, 0) is 0 Å². The number of hydrogen-bond acceptors (Lipinski definition) is 3. The van der Waals surface area contributed by atoms with Crippen molar-refractivity contribution in [1.82, 2.24) is 4.90 Å². The number of amides is 1. The predicted octanol–water partition coefficient (Wildman–Crippen LogP) is 2.11. The number of nitrogens with zero attached hydrogens (tertiary/aromatic N) is 1. The fourth-order valence-corrected chi connectivity index (χ4v) is 2.14. The van der Waals surface area contributed by atoms with Gasteiger partial charge in [0.05, 0.1) is 0 Å². The molecule has 0 saturated heterocycles. The van der Waals surface area contributed by atoms with E-state index >= 15 is 0 Å². The second-order valence-corrected chi connectivity index (χ2v) is 5.47. The molecule has 1 aliphatic carbocycles. The summed E-state index contributed by atoms with van der Waals surface area (Å²) in [6.07, 6.45) is 2.21. The zero-order valence-electron chi connectivity index (χ0n) is 11.0. The van der Waals surface area contributed by atoms with Gasteiger partial charge in [-0.25, -0.2) is 0 Å². The van der Waals surface area contributed by atoms with Gasteiger partial charge in [-0.15, -0.1) is 0 Å². The van der Waals surface area contributed by atoms with Gasteiger partial charge in [0.15, 0.2) is 0 Å². The topological polar surface area (TPSA) is 72.3 Å². The molecule has 1 aliphatic rings. The standard InChI is InChI=1S/C14H21N3O/c1-9(2)8-17(13-3-4-13)14(18)10-5-11(15)7-12(16)6-10/h5-7,9,13H,3-4,8,15-16H2,1-2H3. The van der Waals surface area contributed by atoms with Crippen molar-refractivity contribution in [3.63, 3.8) is 0 Å². The lowest BCUT2D eigenvalue weighted by molar-refractivity contribution is 0.0722. The molecule has 0 spiro atoms. The Morgan fingerprint density at radius 3 is 2.28 bits per heavy atom. The fourth-order valence-electron chi connectivity index (χ4n) is 2.14. The van der Waals surface area contributed by atoms with Gasteiger partial charge in [-0.1, -0.05) is 13.8 Å². The number of anilines is 2. The Kier molecular flexibility index (Phi) is 3.45. The van der Waals surface area contributed by atoms with E-state index in [0.717, 1.165) is 19.4 Å². The Hall–Kier alpha value is -1.71. The molecule has 18 heavy (non-hydrogen) atoms. The first-order chi connectivity index (χ1) is 8.47. The Balaban J connectivity index is 2.21. The molecule has 2 rings (SSSR count). The van der Waals surface area contributed by atoms with Crippen molar-refractivity contribution in [1.29, 1.82) is 0 Å². The maximum atomic E-state index is 12.5. The highest BCUT2D eigenvalue weighted by molar-refractivity contribution is 5.96. The molecule has 1 saturated carbocycles. The van der Waals surface area contributed by atoms with Gasteiger partial charge in [-0.2, -0.15) is 0 Å². The van der Waals surface area contributed by atoms with E-state index in [4.69, 9.17) is 11.5 Å². The molecule has 0 aliphatic heterocycles. The van der Waals surface area contributed by atoms with Crippen LogP contribution >= 0.6 is 0 Å². The van der Waals surface area contributed by atoms with Crippen LogP contribution in [0.3, 0.4) is 0 Å². The lowest BCUT2D eigenvalue weighted by atomic mass is 10.1. The number of nitrogen functional groups attached to an aromatic ring is 2. The van der Waals surface area contributed by atoms with Gasteiger partial charge < -0.3 is 16.4 Å². The van der Waals surface area contributed by atoms with Gasteiger partial charge in [0.2, 0.25) is 0 Å². The molecule has 4 heteroatoms. The van der Waals surface area contributed by atoms with Gasteiger partial charge in [0.1, 0.15) is 0 Å². The van der Waals surface area contributed by atoms with E-state index in [2.05, 4.69) is 13.8 Å². The van der Waals surface area contributed by atoms with Crippen LogP contribution in [0.15, 0.2) is 18.2 Å². The van der Waals surface area contributed by atoms with Crippen molar-refractivity contribution in [2.45, 2.75) is 32.7 Å². The van der Waals surface area contributed by atoms with Crippen molar-refractivity contribution >= 4 is 17.3 Å². The number of hydrogen-bond donors (Lipinski definition) is 2. The summed E-state index contributed by atoms with van der Waals surface area (Å²) in [6.45, 7) is 5.03. The number of benzene rings is 1. The van der Waals surface area contributed by atoms with Crippen LogP contribution in [0.2, 0.25) is 0 Å². The van der Waals surface area contributed by atoms with Gasteiger partial charge in [-0.3, -0.25) is 4.79 Å². The largest absolute Gasteiger partial charge is 0.399 e. The summed E-state index contributed by atoms with van der Waals surface area (Å²) in [6, 6.07) is 5.48. The van der Waals surface area contributed by atoms with E-state index in [0.29, 0.717) is 28.9 Å². The molecule has 1 aromatic carbocycles. The van der Waals surface area contributed by atoms with Crippen LogP contribution in [0.4, 0.5) is 11.4 Å². The van der Waals surface area contributed by atoms with Crippen LogP contribution in [0, 0.1) is 5.92 Å². The van der Waals surface area contributed by atoms with Crippen LogP contribution in [0.25, 0.3) is 0 Å². The summed E-state index contributed by atoms with van der Waals surface area (Å²) < 4.78 is 0. The minimum absolute atomic E-state index is 0.0465. The molecule has 0 aromatic heterocycles. The summed E-state index contributed by atoms with van der Waals surface area (Å²) in [7, 11) is 0. The monoisotopic (exact) mass is 247 g/mol. The minimum atomic E-state index is 0.0465. The third-order valence-electron chi connectivity index (χ3n) is 3.03. The van der Waals surface area contributed by atoms with E-state index in [1.807, 2.05) is 4.90 Å². The van der Waals surface area contributed by atoms with E-state index in [9.17, 15) is 4.79 Å². The highest BCUT2D eigenvalue weighted by Gasteiger charge is 2.33. The van der Waals surface area contributed by atoms with Crippen LogP contribution in [0.5, 0.6) is 0 Å². The smallest absolute Gasteiger partial charge is 0.254 e. The number of nitrogens with two attached hydrogens (primary N) is 2. The molecular weight excluding hydrogens is 226 g/mol. The summed E-state index contributed by atoms with van der Waals surface area (Å²) in [5.41, 5.74) is 13.2. The number of rotatable bonds is 4. The van der Waals surface area contributed by atoms with Crippen LogP contribution in [0.1, 0.15) is 37.0 Å². The average Bonchev–Trinajstić information content (AvgIpc) is 3.07. The minimum Gasteiger partial charge on any atom is -0.399 e. The number of carbonyl (C=O) groups excluding carboxylic acids is 1. The van der Waals surface area contributed by atoms with Gasteiger partial charge in [-0.05, 0) is 37.0 Å². The van der Waals surface area contributed by atoms with Crippen molar-refractivity contribution in [3.05, 3.63) is 23.8 Å². The second kappa shape index (κ2) is 4.88. The summed E-state index contributed by atoms with van der Waals surface area (Å²) in [4.78, 5) is 14.4. The fraction of sp³-hybridized carbons (Fsp3) is 0.500. The molecule has 1 amide bonds. The first kappa shape index (κ1) is 12.7. The lowest BCUT2D eigenvalue weighted by Gasteiger charge is -2.24. The van der Waals surface area contributed by atoms with E-state index in [-0.39, 0.29) is 5.91 Å². The van der Waals surface area contributed by atoms with Gasteiger partial charge >= 0.3 is 0 Å². The molecule has 1 aromatic rings. The Bertz CT molecular complexity index is 432. The third kappa shape index (κ3) is 2.94. The van der Waals surface area contributed by atoms with E-state index in [1.54, 1.807) is 18.2 Å². The molecule has 1 fully saturated rings. The number of carbonyl (C=O) groups is 1. The molecule has 0 bridgehead atoms. The SMILES string of the molecule is CC(C)CN(C(=O)c1cc(N)cc(N)c1)C1CC1. The highest BCUT2D eigenvalue weighted by atomic mass is 16.2. The Morgan fingerprint density at radius 1 is 1.28 bits per heavy atom. The maximum Gasteiger partial charge on any atom is 0.254 e. The van der Waals surface area contributed by atoms with Crippen LogP contribution < -0.4 is 11.5 Å². The maximum absolute atomic E-state index is 12.5. The van der Waals surface area contributed by atoms with Crippen LogP contribution in [-0.4, -0.2) is 23.4 Å². The molecule has 4 nitrogen and oxygen atoms in total. The summed E-state index contributed by atoms with van der Waals surface area (Å²) >= 11 is 0. The Labute approximate surface area is 108 Å². The van der Waals surface area contributed by atoms with Gasteiger partial charge in [0.25, 0.3) is 5.91 Å². The molecule has 0 heterocycles. The average molecular weight is 247 g/mol. The molecule has 4 N–H and O–H groups in total. The van der Waals surface area contributed by atoms with Crippen molar-refractivity contribution in [2.75, 3.05) is 18.0 Å². The second-order valence-electron chi connectivity index (χ2n) is 5.47. The highest BCUT2D eigenvalue weighted by Crippen LogP contribution is 2.29. The van der Waals surface area contributed by atoms with Gasteiger partial charge in [0, 0.05) is 29.5 Å². The normalized spacial score (nSPS) is 14.8.